The van der Waals surface area contributed by atoms with Gasteiger partial charge in [0.05, 0.1) is 6.61 Å². The summed E-state index contributed by atoms with van der Waals surface area (Å²) in [6, 6.07) is 0. The first-order valence-corrected chi connectivity index (χ1v) is 8.36. The van der Waals surface area contributed by atoms with Crippen molar-refractivity contribution in [1.82, 2.24) is 15.5 Å². The molecule has 1 saturated heterocycles. The van der Waals surface area contributed by atoms with E-state index in [1.54, 1.807) is 0 Å². The molecule has 2 fully saturated rings. The van der Waals surface area contributed by atoms with Crippen LogP contribution >= 0.6 is 24.0 Å². The lowest BCUT2D eigenvalue weighted by Crippen LogP contribution is -2.55. The van der Waals surface area contributed by atoms with Gasteiger partial charge < -0.3 is 20.3 Å². The summed E-state index contributed by atoms with van der Waals surface area (Å²) >= 11 is 0. The van der Waals surface area contributed by atoms with E-state index in [9.17, 15) is 0 Å². The Kier molecular flexibility index (Phi) is 9.01. The molecule has 0 aromatic heterocycles. The van der Waals surface area contributed by atoms with Crippen molar-refractivity contribution in [3.05, 3.63) is 0 Å². The molecule has 0 aromatic carbocycles. The highest BCUT2D eigenvalue weighted by Gasteiger charge is 2.34. The van der Waals surface area contributed by atoms with Crippen LogP contribution in [0.15, 0.2) is 4.99 Å². The van der Waals surface area contributed by atoms with Crippen molar-refractivity contribution in [3.8, 4) is 0 Å². The molecule has 0 aromatic rings. The summed E-state index contributed by atoms with van der Waals surface area (Å²) < 4.78 is 5.42. The summed E-state index contributed by atoms with van der Waals surface area (Å²) in [5.41, 5.74) is 0.284. The second-order valence-corrected chi connectivity index (χ2v) is 6.72. The normalized spacial score (nSPS) is 24.9. The number of likely N-dealkylation sites (N-methyl/N-ethyl adjacent to an activating group) is 1. The lowest BCUT2D eigenvalue weighted by atomic mass is 9.80. The number of hydrogen-bond acceptors (Lipinski definition) is 3. The molecule has 1 aliphatic carbocycles. The topological polar surface area (TPSA) is 48.9 Å². The maximum atomic E-state index is 5.42. The van der Waals surface area contributed by atoms with Gasteiger partial charge in [-0.15, -0.1) is 24.0 Å². The Morgan fingerprint density at radius 1 is 1.23 bits per heavy atom. The van der Waals surface area contributed by atoms with Crippen LogP contribution < -0.4 is 10.6 Å². The zero-order chi connectivity index (χ0) is 15.1. The van der Waals surface area contributed by atoms with Crippen LogP contribution in [0.1, 0.15) is 38.5 Å². The number of guanidine groups is 1. The van der Waals surface area contributed by atoms with Gasteiger partial charge in [0.15, 0.2) is 5.96 Å². The molecule has 6 heteroatoms. The Hall–Kier alpha value is -0.0800. The fourth-order valence-corrected chi connectivity index (χ4v) is 3.45. The van der Waals surface area contributed by atoms with Crippen LogP contribution in [-0.2, 0) is 4.74 Å². The fourth-order valence-electron chi connectivity index (χ4n) is 3.45. The van der Waals surface area contributed by atoms with Gasteiger partial charge in [0.1, 0.15) is 0 Å². The van der Waals surface area contributed by atoms with Crippen molar-refractivity contribution in [1.29, 1.82) is 0 Å². The van der Waals surface area contributed by atoms with E-state index in [0.717, 1.165) is 38.7 Å². The van der Waals surface area contributed by atoms with Crippen molar-refractivity contribution < 1.29 is 4.74 Å². The predicted octanol–water partition coefficient (Wildman–Crippen LogP) is 2.07. The van der Waals surface area contributed by atoms with Crippen molar-refractivity contribution in [3.63, 3.8) is 0 Å². The highest BCUT2D eigenvalue weighted by atomic mass is 127. The van der Waals surface area contributed by atoms with Crippen LogP contribution in [0.3, 0.4) is 0 Å². The molecule has 1 saturated carbocycles. The average Bonchev–Trinajstić information content (AvgIpc) is 3.01. The van der Waals surface area contributed by atoms with E-state index in [-0.39, 0.29) is 29.5 Å². The van der Waals surface area contributed by atoms with Gasteiger partial charge in [-0.2, -0.15) is 0 Å². The van der Waals surface area contributed by atoms with Gasteiger partial charge in [-0.25, -0.2) is 0 Å². The van der Waals surface area contributed by atoms with Gasteiger partial charge in [0, 0.05) is 38.2 Å². The second-order valence-electron chi connectivity index (χ2n) is 6.72. The number of hydrogen-bond donors (Lipinski definition) is 2. The zero-order valence-corrected chi connectivity index (χ0v) is 16.7. The summed E-state index contributed by atoms with van der Waals surface area (Å²) in [5.74, 6) is 1.55. The maximum absolute atomic E-state index is 5.42. The molecule has 5 nitrogen and oxygen atoms in total. The first-order chi connectivity index (χ1) is 10.2. The molecule has 22 heavy (non-hydrogen) atoms. The SMILES string of the molecule is CN=C(NCC1CCOC1)NCC1(N(C)C)CCCCC1.I. The summed E-state index contributed by atoms with van der Waals surface area (Å²) in [6.45, 7) is 3.71. The molecule has 2 N–H and O–H groups in total. The minimum atomic E-state index is 0. The largest absolute Gasteiger partial charge is 0.381 e. The highest BCUT2D eigenvalue weighted by molar-refractivity contribution is 14.0. The Bertz CT molecular complexity index is 337. The van der Waals surface area contributed by atoms with Gasteiger partial charge in [-0.1, -0.05) is 19.3 Å². The van der Waals surface area contributed by atoms with Crippen LogP contribution in [0, 0.1) is 5.92 Å². The third kappa shape index (κ3) is 5.53. The Labute approximate surface area is 152 Å². The molecule has 0 amide bonds. The quantitative estimate of drug-likeness (QED) is 0.403. The molecule has 1 heterocycles. The van der Waals surface area contributed by atoms with Gasteiger partial charge >= 0.3 is 0 Å². The summed E-state index contributed by atoms with van der Waals surface area (Å²) in [4.78, 5) is 6.76. The number of nitrogens with zero attached hydrogens (tertiary/aromatic N) is 2. The molecular weight excluding hydrogens is 391 g/mol. The van der Waals surface area contributed by atoms with E-state index >= 15 is 0 Å². The Balaban J connectivity index is 0.00000242. The van der Waals surface area contributed by atoms with Crippen molar-refractivity contribution >= 4 is 29.9 Å². The molecule has 0 spiro atoms. The number of ether oxygens (including phenoxy) is 1. The lowest BCUT2D eigenvalue weighted by molar-refractivity contribution is 0.104. The third-order valence-corrected chi connectivity index (χ3v) is 5.12. The molecule has 1 atom stereocenters. The van der Waals surface area contributed by atoms with E-state index in [0.29, 0.717) is 5.92 Å². The Morgan fingerprint density at radius 3 is 2.50 bits per heavy atom. The van der Waals surface area contributed by atoms with Crippen LogP contribution in [0.5, 0.6) is 0 Å². The minimum absolute atomic E-state index is 0. The summed E-state index contributed by atoms with van der Waals surface area (Å²) in [5, 5.41) is 6.99. The molecule has 130 valence electrons. The summed E-state index contributed by atoms with van der Waals surface area (Å²) in [6.07, 6.45) is 7.77. The van der Waals surface area contributed by atoms with Crippen molar-refractivity contribution in [2.45, 2.75) is 44.1 Å². The van der Waals surface area contributed by atoms with Crippen molar-refractivity contribution in [2.75, 3.05) is 47.4 Å². The first-order valence-electron chi connectivity index (χ1n) is 8.36. The number of halogens is 1. The molecule has 1 aliphatic heterocycles. The maximum Gasteiger partial charge on any atom is 0.191 e. The molecule has 0 radical (unpaired) electrons. The monoisotopic (exact) mass is 424 g/mol. The smallest absolute Gasteiger partial charge is 0.191 e. The molecule has 2 aliphatic rings. The van der Waals surface area contributed by atoms with Crippen LogP contribution in [0.2, 0.25) is 0 Å². The van der Waals surface area contributed by atoms with Gasteiger partial charge in [0.25, 0.3) is 0 Å². The predicted molar refractivity (Wildman–Crippen MR) is 103 cm³/mol. The number of rotatable bonds is 5. The standard InChI is InChI=1S/C16H32N4O.HI/c1-17-15(18-11-14-7-10-21-12-14)19-13-16(20(2)3)8-5-4-6-9-16;/h14H,4-13H2,1-3H3,(H2,17,18,19);1H. The lowest BCUT2D eigenvalue weighted by Gasteiger charge is -2.43. The van der Waals surface area contributed by atoms with Gasteiger partial charge in [-0.05, 0) is 33.4 Å². The van der Waals surface area contributed by atoms with Gasteiger partial charge in [0.2, 0.25) is 0 Å². The van der Waals surface area contributed by atoms with Crippen LogP contribution in [0.4, 0.5) is 0 Å². The molecule has 0 bridgehead atoms. The van der Waals surface area contributed by atoms with Crippen molar-refractivity contribution in [2.24, 2.45) is 10.9 Å². The zero-order valence-electron chi connectivity index (χ0n) is 14.4. The minimum Gasteiger partial charge on any atom is -0.381 e. The van der Waals surface area contributed by atoms with E-state index in [4.69, 9.17) is 4.74 Å². The van der Waals surface area contributed by atoms with Crippen LogP contribution in [0.25, 0.3) is 0 Å². The summed E-state index contributed by atoms with van der Waals surface area (Å²) in [7, 11) is 6.27. The van der Waals surface area contributed by atoms with E-state index in [2.05, 4.69) is 34.6 Å². The second kappa shape index (κ2) is 9.93. The van der Waals surface area contributed by atoms with E-state index < -0.39 is 0 Å². The van der Waals surface area contributed by atoms with Crippen LogP contribution in [-0.4, -0.2) is 63.8 Å². The van der Waals surface area contributed by atoms with Gasteiger partial charge in [-0.3, -0.25) is 4.99 Å². The third-order valence-electron chi connectivity index (χ3n) is 5.12. The number of aliphatic imine (C=N–C) groups is 1. The molecule has 1 unspecified atom stereocenters. The Morgan fingerprint density at radius 2 is 1.95 bits per heavy atom. The first kappa shape index (κ1) is 20.0. The average molecular weight is 424 g/mol. The van der Waals surface area contributed by atoms with E-state index in [1.165, 1.54) is 32.1 Å². The fraction of sp³-hybridized carbons (Fsp3) is 0.938. The molecule has 2 rings (SSSR count). The molecular formula is C16H33IN4O. The highest BCUT2D eigenvalue weighted by Crippen LogP contribution is 2.31. The van der Waals surface area contributed by atoms with E-state index in [1.807, 2.05) is 7.05 Å². The number of nitrogens with one attached hydrogen (secondary N) is 2.